The summed E-state index contributed by atoms with van der Waals surface area (Å²) < 4.78 is 0. The number of carbonyl (C=O) groups is 2. The fraction of sp³-hybridized carbons (Fsp3) is 0.269. The van der Waals surface area contributed by atoms with Gasteiger partial charge in [-0.1, -0.05) is 61.4 Å². The molecule has 5 nitrogen and oxygen atoms in total. The fourth-order valence-corrected chi connectivity index (χ4v) is 5.31. The molecule has 1 fully saturated rings. The number of fused-ring (bicyclic) bond motifs is 1. The molecule has 1 aliphatic heterocycles. The second-order valence-corrected chi connectivity index (χ2v) is 8.44. The van der Waals surface area contributed by atoms with Gasteiger partial charge in [0.1, 0.15) is 0 Å². The van der Waals surface area contributed by atoms with E-state index in [1.54, 1.807) is 18.5 Å². The monoisotopic (exact) mass is 411 g/mol. The maximum absolute atomic E-state index is 13.7. The smallest absolute Gasteiger partial charge is 0.254 e. The predicted molar refractivity (Wildman–Crippen MR) is 120 cm³/mol. The first-order chi connectivity index (χ1) is 15.2. The van der Waals surface area contributed by atoms with Crippen molar-refractivity contribution in [1.82, 2.24) is 9.88 Å². The fourth-order valence-electron chi connectivity index (χ4n) is 5.31. The van der Waals surface area contributed by atoms with E-state index in [-0.39, 0.29) is 11.8 Å². The van der Waals surface area contributed by atoms with Crippen LogP contribution in [0.15, 0.2) is 79.1 Å². The Morgan fingerprint density at radius 2 is 1.74 bits per heavy atom. The lowest BCUT2D eigenvalue weighted by Gasteiger charge is -2.50. The molecule has 5 heteroatoms. The van der Waals surface area contributed by atoms with Gasteiger partial charge in [-0.05, 0) is 42.2 Å². The summed E-state index contributed by atoms with van der Waals surface area (Å²) in [5.74, 6) is -0.479. The topological polar surface area (TPSA) is 62.3 Å². The van der Waals surface area contributed by atoms with Gasteiger partial charge in [0, 0.05) is 18.3 Å². The van der Waals surface area contributed by atoms with E-state index in [0.29, 0.717) is 17.8 Å². The van der Waals surface area contributed by atoms with Gasteiger partial charge in [-0.15, -0.1) is 0 Å². The number of carbonyl (C=O) groups excluding carboxylic acids is 2. The van der Waals surface area contributed by atoms with Crippen molar-refractivity contribution in [2.75, 3.05) is 5.32 Å². The third kappa shape index (κ3) is 3.40. The first-order valence-electron chi connectivity index (χ1n) is 10.8. The first kappa shape index (κ1) is 19.5. The van der Waals surface area contributed by atoms with Gasteiger partial charge in [-0.3, -0.25) is 14.6 Å². The van der Waals surface area contributed by atoms with Gasteiger partial charge in [0.05, 0.1) is 23.3 Å². The van der Waals surface area contributed by atoms with E-state index in [0.717, 1.165) is 36.8 Å². The van der Waals surface area contributed by atoms with E-state index in [1.807, 2.05) is 65.6 Å². The largest absolute Gasteiger partial charge is 0.327 e. The molecule has 5 rings (SSSR count). The number of nitrogens with zero attached hydrogens (tertiary/aromatic N) is 2. The maximum atomic E-state index is 13.7. The molecular weight excluding hydrogens is 386 g/mol. The molecule has 0 radical (unpaired) electrons. The molecule has 2 heterocycles. The highest BCUT2D eigenvalue weighted by molar-refractivity contribution is 6.05. The third-order valence-electron chi connectivity index (χ3n) is 6.67. The second kappa shape index (κ2) is 7.99. The second-order valence-electron chi connectivity index (χ2n) is 8.44. The van der Waals surface area contributed by atoms with Crippen molar-refractivity contribution in [3.63, 3.8) is 0 Å². The normalized spacial score (nSPS) is 19.3. The molecule has 31 heavy (non-hydrogen) atoms. The van der Waals surface area contributed by atoms with Crippen LogP contribution >= 0.6 is 0 Å². The van der Waals surface area contributed by atoms with Crippen molar-refractivity contribution in [3.8, 4) is 0 Å². The standard InChI is InChI=1S/C26H25N3O2/c30-24(28-20-11-8-16-27-17-20)23-21-12-4-5-13-22(21)25(31)29(26(23)14-6-7-15-26)18-19-9-2-1-3-10-19/h1-5,8-13,16-17,23H,6-7,14-15,18H2,(H,28,30)/t23-/m0/s1. The molecule has 1 spiro atoms. The van der Waals surface area contributed by atoms with Crippen LogP contribution in [0.1, 0.15) is 53.1 Å². The molecule has 2 aliphatic rings. The quantitative estimate of drug-likeness (QED) is 0.672. The molecule has 1 N–H and O–H groups in total. The van der Waals surface area contributed by atoms with Crippen LogP contribution in [-0.2, 0) is 11.3 Å². The zero-order valence-electron chi connectivity index (χ0n) is 17.3. The molecule has 156 valence electrons. The number of amides is 2. The van der Waals surface area contributed by atoms with Crippen molar-refractivity contribution in [1.29, 1.82) is 0 Å². The van der Waals surface area contributed by atoms with Crippen LogP contribution in [0.3, 0.4) is 0 Å². The van der Waals surface area contributed by atoms with Crippen LogP contribution in [0.4, 0.5) is 5.69 Å². The summed E-state index contributed by atoms with van der Waals surface area (Å²) in [6.45, 7) is 0.505. The lowest BCUT2D eigenvalue weighted by molar-refractivity contribution is -0.121. The van der Waals surface area contributed by atoms with Crippen molar-refractivity contribution in [2.45, 2.75) is 43.7 Å². The summed E-state index contributed by atoms with van der Waals surface area (Å²) >= 11 is 0. The van der Waals surface area contributed by atoms with E-state index in [2.05, 4.69) is 10.3 Å². The van der Waals surface area contributed by atoms with Crippen LogP contribution in [0, 0.1) is 0 Å². The third-order valence-corrected chi connectivity index (χ3v) is 6.67. The van der Waals surface area contributed by atoms with Gasteiger partial charge in [0.2, 0.25) is 5.91 Å². The molecule has 1 aromatic heterocycles. The van der Waals surface area contributed by atoms with E-state index in [1.165, 1.54) is 0 Å². The highest BCUT2D eigenvalue weighted by Gasteiger charge is 2.55. The Bertz CT molecular complexity index is 1090. The van der Waals surface area contributed by atoms with Gasteiger partial charge in [0.25, 0.3) is 5.91 Å². The Labute approximate surface area is 182 Å². The van der Waals surface area contributed by atoms with Crippen molar-refractivity contribution in [3.05, 3.63) is 95.8 Å². The molecule has 3 aromatic rings. The van der Waals surface area contributed by atoms with Gasteiger partial charge in [-0.2, -0.15) is 0 Å². The number of anilines is 1. The summed E-state index contributed by atoms with van der Waals surface area (Å²) in [7, 11) is 0. The van der Waals surface area contributed by atoms with Crippen molar-refractivity contribution >= 4 is 17.5 Å². The zero-order chi connectivity index (χ0) is 21.3. The number of benzene rings is 2. The number of aromatic nitrogens is 1. The highest BCUT2D eigenvalue weighted by Crippen LogP contribution is 2.51. The Hall–Kier alpha value is -3.47. The molecule has 1 aliphatic carbocycles. The Balaban J connectivity index is 1.61. The minimum Gasteiger partial charge on any atom is -0.327 e. The van der Waals surface area contributed by atoms with Gasteiger partial charge in [-0.25, -0.2) is 0 Å². The van der Waals surface area contributed by atoms with E-state index >= 15 is 0 Å². The summed E-state index contributed by atoms with van der Waals surface area (Å²) in [6.07, 6.45) is 7.01. The van der Waals surface area contributed by atoms with E-state index in [9.17, 15) is 9.59 Å². The Morgan fingerprint density at radius 1 is 1.00 bits per heavy atom. The molecule has 2 amide bonds. The highest BCUT2D eigenvalue weighted by atomic mass is 16.2. The summed E-state index contributed by atoms with van der Waals surface area (Å²) in [6, 6.07) is 21.3. The van der Waals surface area contributed by atoms with Gasteiger partial charge in [0.15, 0.2) is 0 Å². The van der Waals surface area contributed by atoms with Crippen LogP contribution in [0.2, 0.25) is 0 Å². The van der Waals surface area contributed by atoms with Crippen molar-refractivity contribution in [2.24, 2.45) is 0 Å². The molecule has 0 saturated heterocycles. The Morgan fingerprint density at radius 3 is 2.48 bits per heavy atom. The van der Waals surface area contributed by atoms with Crippen LogP contribution in [0.25, 0.3) is 0 Å². The van der Waals surface area contributed by atoms with Gasteiger partial charge < -0.3 is 10.2 Å². The summed E-state index contributed by atoms with van der Waals surface area (Å²) in [4.78, 5) is 33.5. The number of pyridine rings is 1. The number of hydrogen-bond acceptors (Lipinski definition) is 3. The molecular formula is C26H25N3O2. The molecule has 1 atom stereocenters. The first-order valence-corrected chi connectivity index (χ1v) is 10.8. The van der Waals surface area contributed by atoms with Crippen molar-refractivity contribution < 1.29 is 9.59 Å². The van der Waals surface area contributed by atoms with Crippen LogP contribution < -0.4 is 5.32 Å². The maximum Gasteiger partial charge on any atom is 0.254 e. The number of nitrogens with one attached hydrogen (secondary N) is 1. The molecule has 2 aromatic carbocycles. The van der Waals surface area contributed by atoms with Crippen LogP contribution in [-0.4, -0.2) is 27.2 Å². The average Bonchev–Trinajstić information content (AvgIpc) is 3.28. The number of rotatable bonds is 4. The lowest BCUT2D eigenvalue weighted by atomic mass is 9.71. The minimum atomic E-state index is -0.520. The summed E-state index contributed by atoms with van der Waals surface area (Å²) in [5.41, 5.74) is 2.69. The van der Waals surface area contributed by atoms with Gasteiger partial charge >= 0.3 is 0 Å². The average molecular weight is 412 g/mol. The molecule has 1 saturated carbocycles. The SMILES string of the molecule is O=C(Nc1cccnc1)[C@@H]1c2ccccc2C(=O)N(Cc2ccccc2)C12CCCC2. The van der Waals surface area contributed by atoms with E-state index in [4.69, 9.17) is 0 Å². The lowest BCUT2D eigenvalue weighted by Crippen LogP contribution is -2.59. The van der Waals surface area contributed by atoms with Crippen LogP contribution in [0.5, 0.6) is 0 Å². The molecule has 0 bridgehead atoms. The number of hydrogen-bond donors (Lipinski definition) is 1. The molecule has 0 unspecified atom stereocenters. The zero-order valence-corrected chi connectivity index (χ0v) is 17.3. The van der Waals surface area contributed by atoms with E-state index < -0.39 is 11.5 Å². The minimum absolute atomic E-state index is 0.0202. The Kier molecular flexibility index (Phi) is 5.02. The summed E-state index contributed by atoms with van der Waals surface area (Å²) in [5, 5.41) is 3.06. The predicted octanol–water partition coefficient (Wildman–Crippen LogP) is 4.77.